The van der Waals surface area contributed by atoms with E-state index in [1.165, 1.54) is 22.1 Å². The van der Waals surface area contributed by atoms with E-state index in [1.54, 1.807) is 0 Å². The molecule has 4 heterocycles. The van der Waals surface area contributed by atoms with Gasteiger partial charge in [-0.05, 0) is 48.5 Å². The van der Waals surface area contributed by atoms with Crippen LogP contribution >= 0.6 is 0 Å². The van der Waals surface area contributed by atoms with Gasteiger partial charge in [0.05, 0.1) is 0 Å². The van der Waals surface area contributed by atoms with E-state index in [4.69, 9.17) is 4.98 Å². The van der Waals surface area contributed by atoms with Crippen LogP contribution < -0.4 is 4.90 Å². The van der Waals surface area contributed by atoms with Crippen LogP contribution in [-0.4, -0.2) is 52.7 Å². The van der Waals surface area contributed by atoms with Crippen molar-refractivity contribution in [3.63, 3.8) is 0 Å². The molecule has 1 saturated heterocycles. The summed E-state index contributed by atoms with van der Waals surface area (Å²) in [6.07, 6.45) is 5.86. The van der Waals surface area contributed by atoms with Crippen LogP contribution in [0.1, 0.15) is 5.56 Å². The van der Waals surface area contributed by atoms with Crippen LogP contribution in [0.5, 0.6) is 0 Å². The number of aromatic nitrogens is 3. The van der Waals surface area contributed by atoms with Crippen molar-refractivity contribution < 1.29 is 0 Å². The number of likely N-dealkylation sites (N-methyl/N-ethyl adjacent to an activating group) is 1. The molecule has 1 aliphatic heterocycles. The SMILES string of the molecule is CN1CCN(c2ncccc2-c2ccc(Cn3ccc4cccnc43)cc2)CC1. The van der Waals surface area contributed by atoms with Crippen molar-refractivity contribution >= 4 is 16.9 Å². The average Bonchev–Trinajstić information content (AvgIpc) is 3.18. The number of piperazine rings is 1. The molecule has 1 aliphatic rings. The number of anilines is 1. The molecule has 0 radical (unpaired) electrons. The standard InChI is InChI=1S/C24H25N5/c1-27-14-16-28(17-15-27)24-22(5-3-12-26-24)20-8-6-19(7-9-20)18-29-13-10-21-4-2-11-25-23(21)29/h2-13H,14-18H2,1H3. The Morgan fingerprint density at radius 1 is 0.828 bits per heavy atom. The number of fused-ring (bicyclic) bond motifs is 1. The lowest BCUT2D eigenvalue weighted by atomic mass is 10.0. The zero-order chi connectivity index (χ0) is 19.6. The summed E-state index contributed by atoms with van der Waals surface area (Å²) in [7, 11) is 2.18. The summed E-state index contributed by atoms with van der Waals surface area (Å²) in [5.74, 6) is 1.09. The first-order valence-electron chi connectivity index (χ1n) is 10.2. The first-order chi connectivity index (χ1) is 14.3. The summed E-state index contributed by atoms with van der Waals surface area (Å²) >= 11 is 0. The highest BCUT2D eigenvalue weighted by Crippen LogP contribution is 2.29. The maximum absolute atomic E-state index is 4.72. The van der Waals surface area contributed by atoms with Gasteiger partial charge < -0.3 is 14.4 Å². The van der Waals surface area contributed by atoms with Crippen LogP contribution in [0.2, 0.25) is 0 Å². The van der Waals surface area contributed by atoms with E-state index in [9.17, 15) is 0 Å². The zero-order valence-corrected chi connectivity index (χ0v) is 16.7. The molecule has 1 fully saturated rings. The van der Waals surface area contributed by atoms with E-state index >= 15 is 0 Å². The predicted octanol–water partition coefficient (Wildman–Crippen LogP) is 3.90. The molecule has 0 spiro atoms. The maximum Gasteiger partial charge on any atom is 0.140 e. The summed E-state index contributed by atoms with van der Waals surface area (Å²) < 4.78 is 2.20. The number of hydrogen-bond acceptors (Lipinski definition) is 4. The van der Waals surface area contributed by atoms with E-state index < -0.39 is 0 Å². The molecule has 5 heteroatoms. The number of nitrogens with zero attached hydrogens (tertiary/aromatic N) is 5. The highest BCUT2D eigenvalue weighted by atomic mass is 15.3. The quantitative estimate of drug-likeness (QED) is 0.536. The monoisotopic (exact) mass is 383 g/mol. The van der Waals surface area contributed by atoms with Gasteiger partial charge in [0.15, 0.2) is 0 Å². The van der Waals surface area contributed by atoms with E-state index in [2.05, 4.69) is 75.1 Å². The Balaban J connectivity index is 1.39. The molecule has 0 saturated carbocycles. The van der Waals surface area contributed by atoms with E-state index in [1.807, 2.05) is 24.5 Å². The fraction of sp³-hybridized carbons (Fsp3) is 0.250. The number of rotatable bonds is 4. The van der Waals surface area contributed by atoms with Crippen LogP contribution in [0.3, 0.4) is 0 Å². The Kier molecular flexibility index (Phi) is 4.74. The molecule has 146 valence electrons. The summed E-state index contributed by atoms with van der Waals surface area (Å²) in [6.45, 7) is 5.01. The van der Waals surface area contributed by atoms with Gasteiger partial charge in [-0.1, -0.05) is 24.3 Å². The molecule has 0 unspecified atom stereocenters. The topological polar surface area (TPSA) is 37.2 Å². The van der Waals surface area contributed by atoms with Crippen LogP contribution in [-0.2, 0) is 6.54 Å². The third kappa shape index (κ3) is 3.61. The molecule has 4 aromatic rings. The van der Waals surface area contributed by atoms with Crippen LogP contribution in [0.15, 0.2) is 73.2 Å². The second-order valence-electron chi connectivity index (χ2n) is 7.72. The first kappa shape index (κ1) is 17.9. The van der Waals surface area contributed by atoms with Gasteiger partial charge in [-0.15, -0.1) is 0 Å². The second kappa shape index (κ2) is 7.68. The van der Waals surface area contributed by atoms with Gasteiger partial charge in [0, 0.05) is 62.3 Å². The van der Waals surface area contributed by atoms with Crippen molar-refractivity contribution in [2.45, 2.75) is 6.54 Å². The molecule has 5 rings (SSSR count). The van der Waals surface area contributed by atoms with E-state index in [-0.39, 0.29) is 0 Å². The van der Waals surface area contributed by atoms with Gasteiger partial charge in [0.1, 0.15) is 11.5 Å². The van der Waals surface area contributed by atoms with Gasteiger partial charge in [-0.25, -0.2) is 9.97 Å². The Labute approximate surface area is 171 Å². The maximum atomic E-state index is 4.72. The van der Waals surface area contributed by atoms with Crippen LogP contribution in [0, 0.1) is 0 Å². The summed E-state index contributed by atoms with van der Waals surface area (Å²) in [4.78, 5) is 14.0. The van der Waals surface area contributed by atoms with Crippen molar-refractivity contribution in [2.24, 2.45) is 0 Å². The Hall–Kier alpha value is -3.18. The van der Waals surface area contributed by atoms with E-state index in [0.717, 1.165) is 44.2 Å². The summed E-state index contributed by atoms with van der Waals surface area (Å²) in [5, 5.41) is 1.18. The van der Waals surface area contributed by atoms with Crippen molar-refractivity contribution in [3.8, 4) is 11.1 Å². The molecule has 0 N–H and O–H groups in total. The Morgan fingerprint density at radius 3 is 2.41 bits per heavy atom. The van der Waals surface area contributed by atoms with Crippen molar-refractivity contribution in [1.82, 2.24) is 19.4 Å². The molecular formula is C24H25N5. The number of benzene rings is 1. The van der Waals surface area contributed by atoms with Crippen molar-refractivity contribution in [1.29, 1.82) is 0 Å². The Bertz CT molecular complexity index is 1110. The fourth-order valence-corrected chi connectivity index (χ4v) is 4.03. The molecule has 3 aromatic heterocycles. The highest BCUT2D eigenvalue weighted by Gasteiger charge is 2.18. The molecule has 29 heavy (non-hydrogen) atoms. The minimum absolute atomic E-state index is 0.819. The minimum Gasteiger partial charge on any atom is -0.354 e. The van der Waals surface area contributed by atoms with E-state index in [0.29, 0.717) is 0 Å². The molecule has 1 aromatic carbocycles. The molecule has 0 amide bonds. The molecule has 0 bridgehead atoms. The minimum atomic E-state index is 0.819. The molecule has 5 nitrogen and oxygen atoms in total. The number of hydrogen-bond donors (Lipinski definition) is 0. The Morgan fingerprint density at radius 2 is 1.59 bits per heavy atom. The number of pyridine rings is 2. The summed E-state index contributed by atoms with van der Waals surface area (Å²) in [6, 6.07) is 19.3. The predicted molar refractivity (Wildman–Crippen MR) is 118 cm³/mol. The average molecular weight is 383 g/mol. The lowest BCUT2D eigenvalue weighted by Gasteiger charge is -2.34. The smallest absolute Gasteiger partial charge is 0.140 e. The molecule has 0 aliphatic carbocycles. The first-order valence-corrected chi connectivity index (χ1v) is 10.2. The summed E-state index contributed by atoms with van der Waals surface area (Å²) in [5.41, 5.74) is 4.71. The van der Waals surface area contributed by atoms with Gasteiger partial charge >= 0.3 is 0 Å². The largest absolute Gasteiger partial charge is 0.354 e. The normalized spacial score (nSPS) is 15.1. The van der Waals surface area contributed by atoms with Gasteiger partial charge in [0.25, 0.3) is 0 Å². The lowest BCUT2D eigenvalue weighted by molar-refractivity contribution is 0.312. The van der Waals surface area contributed by atoms with Crippen LogP contribution in [0.25, 0.3) is 22.2 Å². The second-order valence-corrected chi connectivity index (χ2v) is 7.72. The van der Waals surface area contributed by atoms with Crippen molar-refractivity contribution in [2.75, 3.05) is 38.1 Å². The third-order valence-corrected chi connectivity index (χ3v) is 5.73. The van der Waals surface area contributed by atoms with Crippen molar-refractivity contribution in [3.05, 3.63) is 78.8 Å². The molecular weight excluding hydrogens is 358 g/mol. The lowest BCUT2D eigenvalue weighted by Crippen LogP contribution is -2.45. The third-order valence-electron chi connectivity index (χ3n) is 5.73. The van der Waals surface area contributed by atoms with Gasteiger partial charge in [-0.3, -0.25) is 0 Å². The zero-order valence-electron chi connectivity index (χ0n) is 16.7. The van der Waals surface area contributed by atoms with Crippen LogP contribution in [0.4, 0.5) is 5.82 Å². The van der Waals surface area contributed by atoms with Gasteiger partial charge in [-0.2, -0.15) is 0 Å². The highest BCUT2D eigenvalue weighted by molar-refractivity contribution is 5.77. The van der Waals surface area contributed by atoms with Gasteiger partial charge in [0.2, 0.25) is 0 Å². The fourth-order valence-electron chi connectivity index (χ4n) is 4.03. The molecule has 0 atom stereocenters.